The number of nitrogens with one attached hydrogen (secondary N) is 1. The summed E-state index contributed by atoms with van der Waals surface area (Å²) in [6.07, 6.45) is 3.15. The third kappa shape index (κ3) is 3.79. The average Bonchev–Trinajstić information content (AvgIpc) is 3.22. The molecule has 0 aliphatic heterocycles. The van der Waals surface area contributed by atoms with Gasteiger partial charge < -0.3 is 15.2 Å². The van der Waals surface area contributed by atoms with E-state index in [9.17, 15) is 9.90 Å². The molecule has 144 valence electrons. The number of hydrogen-bond donors (Lipinski definition) is 2. The van der Waals surface area contributed by atoms with E-state index in [4.69, 9.17) is 4.74 Å². The van der Waals surface area contributed by atoms with Crippen molar-refractivity contribution in [3.8, 4) is 28.4 Å². The number of anilines is 1. The minimum absolute atomic E-state index is 0.0886. The van der Waals surface area contributed by atoms with Crippen molar-refractivity contribution in [2.75, 3.05) is 12.4 Å². The van der Waals surface area contributed by atoms with Gasteiger partial charge in [-0.05, 0) is 48.5 Å². The monoisotopic (exact) mass is 386 g/mol. The first-order valence-corrected chi connectivity index (χ1v) is 8.90. The molecule has 2 heterocycles. The van der Waals surface area contributed by atoms with Crippen molar-refractivity contribution in [3.05, 3.63) is 84.7 Å². The highest BCUT2D eigenvalue weighted by molar-refractivity contribution is 6.08. The number of pyridine rings is 1. The topological polar surface area (TPSA) is 89.3 Å². The first-order chi connectivity index (χ1) is 14.2. The number of methoxy groups -OCH3 is 1. The number of carbonyl (C=O) groups is 1. The molecule has 2 aromatic carbocycles. The minimum atomic E-state index is -0.424. The lowest BCUT2D eigenvalue weighted by atomic mass is 10.1. The second-order valence-corrected chi connectivity index (χ2v) is 6.23. The maximum Gasteiger partial charge on any atom is 0.260 e. The van der Waals surface area contributed by atoms with Crippen molar-refractivity contribution in [2.45, 2.75) is 0 Å². The van der Waals surface area contributed by atoms with Crippen LogP contribution in [-0.4, -0.2) is 32.9 Å². The second-order valence-electron chi connectivity index (χ2n) is 6.23. The Morgan fingerprint density at radius 3 is 2.48 bits per heavy atom. The molecule has 0 bridgehead atoms. The van der Waals surface area contributed by atoms with Crippen LogP contribution in [0.3, 0.4) is 0 Å². The number of aromatic hydroxyl groups is 1. The van der Waals surface area contributed by atoms with Crippen molar-refractivity contribution in [3.63, 3.8) is 0 Å². The standard InChI is InChI=1S/C22H18N4O3/c1-29-17-11-9-15(10-12-17)20-18(14-26(25-20)16-6-3-2-4-7-16)22(28)24-21-19(27)8-5-13-23-21/h2-14,27H,1H3,(H,23,24,28). The van der Waals surface area contributed by atoms with E-state index >= 15 is 0 Å². The third-order valence-electron chi connectivity index (χ3n) is 4.36. The number of benzene rings is 2. The number of nitrogens with zero attached hydrogens (tertiary/aromatic N) is 3. The lowest BCUT2D eigenvalue weighted by Gasteiger charge is -2.06. The maximum atomic E-state index is 13.0. The number of aromatic nitrogens is 3. The summed E-state index contributed by atoms with van der Waals surface area (Å²) in [4.78, 5) is 17.0. The predicted octanol–water partition coefficient (Wildman–Crippen LogP) is 3.90. The number of para-hydroxylation sites is 1. The first-order valence-electron chi connectivity index (χ1n) is 8.90. The van der Waals surface area contributed by atoms with Gasteiger partial charge in [-0.25, -0.2) is 9.67 Å². The summed E-state index contributed by atoms with van der Waals surface area (Å²) in [5.74, 6) is 0.264. The molecular weight excluding hydrogens is 368 g/mol. The highest BCUT2D eigenvalue weighted by Gasteiger charge is 2.20. The van der Waals surface area contributed by atoms with Gasteiger partial charge in [-0.1, -0.05) is 18.2 Å². The fraction of sp³-hybridized carbons (Fsp3) is 0.0455. The van der Waals surface area contributed by atoms with Crippen LogP contribution in [0.15, 0.2) is 79.1 Å². The van der Waals surface area contributed by atoms with Gasteiger partial charge in [0.2, 0.25) is 0 Å². The minimum Gasteiger partial charge on any atom is -0.504 e. The molecule has 0 unspecified atom stereocenters. The molecule has 0 spiro atoms. The number of carbonyl (C=O) groups excluding carboxylic acids is 1. The van der Waals surface area contributed by atoms with Gasteiger partial charge in [-0.15, -0.1) is 0 Å². The van der Waals surface area contributed by atoms with Crippen molar-refractivity contribution in [2.24, 2.45) is 0 Å². The Bertz CT molecular complexity index is 1140. The van der Waals surface area contributed by atoms with E-state index in [1.807, 2.05) is 54.6 Å². The Hall–Kier alpha value is -4.13. The van der Waals surface area contributed by atoms with Crippen LogP contribution in [0.1, 0.15) is 10.4 Å². The lowest BCUT2D eigenvalue weighted by Crippen LogP contribution is -2.13. The molecule has 2 aromatic heterocycles. The molecule has 0 saturated carbocycles. The van der Waals surface area contributed by atoms with E-state index in [-0.39, 0.29) is 11.6 Å². The van der Waals surface area contributed by atoms with Crippen LogP contribution in [0.2, 0.25) is 0 Å². The van der Waals surface area contributed by atoms with E-state index < -0.39 is 5.91 Å². The van der Waals surface area contributed by atoms with Crippen molar-refractivity contribution < 1.29 is 14.6 Å². The average molecular weight is 386 g/mol. The highest BCUT2D eigenvalue weighted by atomic mass is 16.5. The molecule has 0 saturated heterocycles. The molecule has 29 heavy (non-hydrogen) atoms. The van der Waals surface area contributed by atoms with Crippen LogP contribution in [0.5, 0.6) is 11.5 Å². The normalized spacial score (nSPS) is 10.5. The molecule has 7 nitrogen and oxygen atoms in total. The number of ether oxygens (including phenoxy) is 1. The summed E-state index contributed by atoms with van der Waals surface area (Å²) in [7, 11) is 1.59. The second kappa shape index (κ2) is 7.85. The van der Waals surface area contributed by atoms with E-state index in [2.05, 4.69) is 15.4 Å². The fourth-order valence-electron chi connectivity index (χ4n) is 2.88. The van der Waals surface area contributed by atoms with Crippen LogP contribution in [0.4, 0.5) is 5.82 Å². The summed E-state index contributed by atoms with van der Waals surface area (Å²) in [5, 5.41) is 17.2. The zero-order valence-corrected chi connectivity index (χ0v) is 15.6. The summed E-state index contributed by atoms with van der Waals surface area (Å²) in [6.45, 7) is 0. The summed E-state index contributed by atoms with van der Waals surface area (Å²) in [6, 6.07) is 19.8. The lowest BCUT2D eigenvalue weighted by molar-refractivity contribution is 0.102. The zero-order valence-electron chi connectivity index (χ0n) is 15.6. The molecular formula is C22H18N4O3. The molecule has 0 aliphatic carbocycles. The van der Waals surface area contributed by atoms with Gasteiger partial charge in [0.05, 0.1) is 18.4 Å². The van der Waals surface area contributed by atoms with Crippen LogP contribution < -0.4 is 10.1 Å². The Balaban J connectivity index is 1.77. The van der Waals surface area contributed by atoms with Gasteiger partial charge in [-0.3, -0.25) is 4.79 Å². The van der Waals surface area contributed by atoms with Gasteiger partial charge in [0.15, 0.2) is 11.6 Å². The Labute approximate surface area is 167 Å². The zero-order chi connectivity index (χ0) is 20.2. The summed E-state index contributed by atoms with van der Waals surface area (Å²) in [5.41, 5.74) is 2.44. The largest absolute Gasteiger partial charge is 0.504 e. The smallest absolute Gasteiger partial charge is 0.260 e. The molecule has 4 aromatic rings. The molecule has 0 radical (unpaired) electrons. The molecule has 4 rings (SSSR count). The molecule has 0 atom stereocenters. The fourth-order valence-corrected chi connectivity index (χ4v) is 2.88. The number of rotatable bonds is 5. The van der Waals surface area contributed by atoms with Crippen LogP contribution in [0, 0.1) is 0 Å². The molecule has 7 heteroatoms. The van der Waals surface area contributed by atoms with Gasteiger partial charge in [-0.2, -0.15) is 5.10 Å². The third-order valence-corrected chi connectivity index (χ3v) is 4.36. The Morgan fingerprint density at radius 2 is 1.79 bits per heavy atom. The van der Waals surface area contributed by atoms with E-state index in [1.54, 1.807) is 24.1 Å². The molecule has 0 aliphatic rings. The maximum absolute atomic E-state index is 13.0. The van der Waals surface area contributed by atoms with Crippen molar-refractivity contribution >= 4 is 11.7 Å². The summed E-state index contributed by atoms with van der Waals surface area (Å²) < 4.78 is 6.85. The van der Waals surface area contributed by atoms with Crippen molar-refractivity contribution in [1.29, 1.82) is 0 Å². The van der Waals surface area contributed by atoms with Gasteiger partial charge in [0.1, 0.15) is 11.4 Å². The van der Waals surface area contributed by atoms with E-state index in [1.165, 1.54) is 12.3 Å². The Morgan fingerprint density at radius 1 is 1.03 bits per heavy atom. The quantitative estimate of drug-likeness (QED) is 0.543. The molecule has 0 fully saturated rings. The molecule has 2 N–H and O–H groups in total. The first kappa shape index (κ1) is 18.2. The van der Waals surface area contributed by atoms with Crippen molar-refractivity contribution in [1.82, 2.24) is 14.8 Å². The highest BCUT2D eigenvalue weighted by Crippen LogP contribution is 2.27. The van der Waals surface area contributed by atoms with E-state index in [0.717, 1.165) is 11.3 Å². The predicted molar refractivity (Wildman–Crippen MR) is 109 cm³/mol. The number of amides is 1. The van der Waals surface area contributed by atoms with Gasteiger partial charge in [0, 0.05) is 18.0 Å². The van der Waals surface area contributed by atoms with E-state index in [0.29, 0.717) is 17.0 Å². The Kier molecular flexibility index (Phi) is 4.94. The summed E-state index contributed by atoms with van der Waals surface area (Å²) >= 11 is 0. The van der Waals surface area contributed by atoms with Gasteiger partial charge >= 0.3 is 0 Å². The van der Waals surface area contributed by atoms with Crippen LogP contribution >= 0.6 is 0 Å². The van der Waals surface area contributed by atoms with Crippen LogP contribution in [0.25, 0.3) is 16.9 Å². The molecule has 1 amide bonds. The van der Waals surface area contributed by atoms with Gasteiger partial charge in [0.25, 0.3) is 5.91 Å². The van der Waals surface area contributed by atoms with Crippen LogP contribution in [-0.2, 0) is 0 Å². The SMILES string of the molecule is COc1ccc(-c2nn(-c3ccccc3)cc2C(=O)Nc2ncccc2O)cc1. The number of hydrogen-bond acceptors (Lipinski definition) is 5.